The first kappa shape index (κ1) is 9.51. The van der Waals surface area contributed by atoms with E-state index >= 15 is 0 Å². The number of carbonyl (C=O) groups is 1. The van der Waals surface area contributed by atoms with E-state index < -0.39 is 12.6 Å². The number of benzene rings is 1. The van der Waals surface area contributed by atoms with E-state index in [4.69, 9.17) is 4.74 Å². The first-order valence-corrected chi connectivity index (χ1v) is 3.67. The average molecular weight is 184 g/mol. The lowest BCUT2D eigenvalue weighted by Crippen LogP contribution is -2.10. The summed E-state index contributed by atoms with van der Waals surface area (Å²) in [6.07, 6.45) is 0. The van der Waals surface area contributed by atoms with Crippen LogP contribution in [0, 0.1) is 0 Å². The molecule has 0 N–H and O–H groups in total. The molecule has 0 fully saturated rings. The van der Waals surface area contributed by atoms with Gasteiger partial charge in [0.25, 0.3) is 0 Å². The summed E-state index contributed by atoms with van der Waals surface area (Å²) < 4.78 is 21.3. The smallest absolute Gasteiger partial charge is 0.343 e. The lowest BCUT2D eigenvalue weighted by atomic mass is 10.3. The number of ether oxygens (including phenoxy) is 2. The van der Waals surface area contributed by atoms with Crippen molar-refractivity contribution in [2.24, 2.45) is 0 Å². The average Bonchev–Trinajstić information content (AvgIpc) is 2.18. The third kappa shape index (κ3) is 2.43. The number of para-hydroxylation sites is 2. The third-order valence-electron chi connectivity index (χ3n) is 1.40. The van der Waals surface area contributed by atoms with Crippen LogP contribution < -0.4 is 9.47 Å². The summed E-state index contributed by atoms with van der Waals surface area (Å²) in [4.78, 5) is 10.6. The minimum Gasteiger partial charge on any atom is -0.493 e. The zero-order valence-corrected chi connectivity index (χ0v) is 7.12. The monoisotopic (exact) mass is 184 g/mol. The molecule has 0 aliphatic heterocycles. The topological polar surface area (TPSA) is 35.5 Å². The molecular formula is C9H9FO3. The molecule has 1 rings (SSSR count). The second-order valence-electron chi connectivity index (χ2n) is 2.26. The van der Waals surface area contributed by atoms with Crippen molar-refractivity contribution in [2.45, 2.75) is 0 Å². The molecule has 0 heterocycles. The molecule has 4 heteroatoms. The quantitative estimate of drug-likeness (QED) is 0.528. The van der Waals surface area contributed by atoms with E-state index in [-0.39, 0.29) is 5.75 Å². The van der Waals surface area contributed by atoms with Crippen LogP contribution in [0.25, 0.3) is 0 Å². The maximum atomic E-state index is 11.8. The molecule has 0 unspecified atom stereocenters. The standard InChI is InChI=1S/C9H9FO3/c1-12-7-4-2-3-5-8(7)13-9(11)6-10/h2-5H,6H2,1H3. The maximum Gasteiger partial charge on any atom is 0.343 e. The third-order valence-corrected chi connectivity index (χ3v) is 1.40. The summed E-state index contributed by atoms with van der Waals surface area (Å²) in [5, 5.41) is 0. The second kappa shape index (κ2) is 4.45. The molecule has 0 atom stereocenters. The van der Waals surface area contributed by atoms with Gasteiger partial charge >= 0.3 is 5.97 Å². The largest absolute Gasteiger partial charge is 0.493 e. The zero-order valence-electron chi connectivity index (χ0n) is 7.12. The van der Waals surface area contributed by atoms with Crippen LogP contribution in [-0.4, -0.2) is 19.8 Å². The number of esters is 1. The van der Waals surface area contributed by atoms with Crippen molar-refractivity contribution in [2.75, 3.05) is 13.8 Å². The SMILES string of the molecule is COc1ccccc1OC(=O)CF. The van der Waals surface area contributed by atoms with Gasteiger partial charge in [0, 0.05) is 0 Å². The molecule has 0 spiro atoms. The van der Waals surface area contributed by atoms with Gasteiger partial charge in [0.05, 0.1) is 7.11 Å². The first-order chi connectivity index (χ1) is 6.27. The van der Waals surface area contributed by atoms with Crippen LogP contribution in [-0.2, 0) is 4.79 Å². The summed E-state index contributed by atoms with van der Waals surface area (Å²) in [7, 11) is 1.45. The highest BCUT2D eigenvalue weighted by atomic mass is 19.1. The van der Waals surface area contributed by atoms with Gasteiger partial charge in [-0.2, -0.15) is 0 Å². The normalized spacial score (nSPS) is 9.38. The predicted molar refractivity (Wildman–Crippen MR) is 44.6 cm³/mol. The highest BCUT2D eigenvalue weighted by molar-refractivity contribution is 5.74. The van der Waals surface area contributed by atoms with E-state index in [1.807, 2.05) is 0 Å². The van der Waals surface area contributed by atoms with Crippen LogP contribution in [0.1, 0.15) is 0 Å². The molecule has 0 aliphatic rings. The van der Waals surface area contributed by atoms with Gasteiger partial charge in [0.1, 0.15) is 0 Å². The Kier molecular flexibility index (Phi) is 3.25. The lowest BCUT2D eigenvalue weighted by molar-refractivity contribution is -0.135. The number of methoxy groups -OCH3 is 1. The van der Waals surface area contributed by atoms with E-state index in [0.29, 0.717) is 5.75 Å². The van der Waals surface area contributed by atoms with Gasteiger partial charge in [-0.25, -0.2) is 9.18 Å². The summed E-state index contributed by atoms with van der Waals surface area (Å²) in [6.45, 7) is -1.14. The van der Waals surface area contributed by atoms with Crippen molar-refractivity contribution in [1.29, 1.82) is 0 Å². The summed E-state index contributed by atoms with van der Waals surface area (Å²) in [5.74, 6) is -0.290. The van der Waals surface area contributed by atoms with Gasteiger partial charge in [0.2, 0.25) is 0 Å². The fraction of sp³-hybridized carbons (Fsp3) is 0.222. The summed E-state index contributed by atoms with van der Waals surface area (Å²) in [6, 6.07) is 6.56. The van der Waals surface area contributed by atoms with Crippen LogP contribution in [0.5, 0.6) is 11.5 Å². The van der Waals surface area contributed by atoms with E-state index in [9.17, 15) is 9.18 Å². The van der Waals surface area contributed by atoms with Crippen molar-refractivity contribution < 1.29 is 18.7 Å². The Morgan fingerprint density at radius 1 is 1.38 bits per heavy atom. The molecule has 0 radical (unpaired) electrons. The fourth-order valence-corrected chi connectivity index (χ4v) is 0.853. The van der Waals surface area contributed by atoms with E-state index in [2.05, 4.69) is 4.74 Å². The molecule has 1 aromatic rings. The summed E-state index contributed by atoms with van der Waals surface area (Å²) in [5.41, 5.74) is 0. The van der Waals surface area contributed by atoms with Gasteiger partial charge in [-0.1, -0.05) is 12.1 Å². The van der Waals surface area contributed by atoms with Crippen LogP contribution in [0.3, 0.4) is 0 Å². The molecular weight excluding hydrogens is 175 g/mol. The van der Waals surface area contributed by atoms with Crippen molar-refractivity contribution in [3.05, 3.63) is 24.3 Å². The minimum absolute atomic E-state index is 0.229. The number of rotatable bonds is 3. The van der Waals surface area contributed by atoms with Crippen molar-refractivity contribution >= 4 is 5.97 Å². The number of alkyl halides is 1. The lowest BCUT2D eigenvalue weighted by Gasteiger charge is -2.06. The number of hydrogen-bond donors (Lipinski definition) is 0. The van der Waals surface area contributed by atoms with Gasteiger partial charge in [0.15, 0.2) is 18.2 Å². The molecule has 0 aliphatic carbocycles. The van der Waals surface area contributed by atoms with Crippen LogP contribution in [0.4, 0.5) is 4.39 Å². The second-order valence-corrected chi connectivity index (χ2v) is 2.26. The molecule has 0 saturated carbocycles. The van der Waals surface area contributed by atoms with Crippen molar-refractivity contribution in [3.8, 4) is 11.5 Å². The highest BCUT2D eigenvalue weighted by Gasteiger charge is 2.07. The van der Waals surface area contributed by atoms with Crippen molar-refractivity contribution in [1.82, 2.24) is 0 Å². The maximum absolute atomic E-state index is 11.8. The Morgan fingerprint density at radius 2 is 2.00 bits per heavy atom. The Balaban J connectivity index is 2.81. The molecule has 0 amide bonds. The van der Waals surface area contributed by atoms with Crippen molar-refractivity contribution in [3.63, 3.8) is 0 Å². The van der Waals surface area contributed by atoms with Crippen LogP contribution in [0.15, 0.2) is 24.3 Å². The number of halogens is 1. The fourth-order valence-electron chi connectivity index (χ4n) is 0.853. The number of hydrogen-bond acceptors (Lipinski definition) is 3. The van der Waals surface area contributed by atoms with Gasteiger partial charge in [-0.05, 0) is 12.1 Å². The molecule has 0 saturated heterocycles. The molecule has 70 valence electrons. The van der Waals surface area contributed by atoms with Gasteiger partial charge in [-0.3, -0.25) is 0 Å². The predicted octanol–water partition coefficient (Wildman–Crippen LogP) is 1.57. The minimum atomic E-state index is -1.14. The Bertz CT molecular complexity index is 299. The molecule has 0 aromatic heterocycles. The van der Waals surface area contributed by atoms with Crippen LogP contribution in [0.2, 0.25) is 0 Å². The highest BCUT2D eigenvalue weighted by Crippen LogP contribution is 2.25. The first-order valence-electron chi connectivity index (χ1n) is 3.67. The van der Waals surface area contributed by atoms with Gasteiger partial charge < -0.3 is 9.47 Å². The van der Waals surface area contributed by atoms with E-state index in [1.165, 1.54) is 13.2 Å². The molecule has 13 heavy (non-hydrogen) atoms. The Hall–Kier alpha value is -1.58. The zero-order chi connectivity index (χ0) is 9.68. The van der Waals surface area contributed by atoms with Gasteiger partial charge in [-0.15, -0.1) is 0 Å². The van der Waals surface area contributed by atoms with E-state index in [0.717, 1.165) is 0 Å². The molecule has 3 nitrogen and oxygen atoms in total. The Morgan fingerprint density at radius 3 is 2.54 bits per heavy atom. The van der Waals surface area contributed by atoms with Crippen LogP contribution >= 0.6 is 0 Å². The number of carbonyl (C=O) groups excluding carboxylic acids is 1. The Labute approximate surface area is 75.1 Å². The molecule has 1 aromatic carbocycles. The summed E-state index contributed by atoms with van der Waals surface area (Å²) >= 11 is 0. The molecule has 0 bridgehead atoms. The van der Waals surface area contributed by atoms with E-state index in [1.54, 1.807) is 18.2 Å².